The first kappa shape index (κ1) is 12.6. The fraction of sp³-hybridized carbons (Fsp3) is 0.583. The molecule has 1 aliphatic rings. The molecule has 0 saturated carbocycles. The average Bonchev–Trinajstić information content (AvgIpc) is 2.74. The van der Waals surface area contributed by atoms with Crippen LogP contribution in [0.1, 0.15) is 36.0 Å². The lowest BCUT2D eigenvalue weighted by Gasteiger charge is -2.36. The van der Waals surface area contributed by atoms with E-state index in [4.69, 9.17) is 4.52 Å². The quantitative estimate of drug-likeness (QED) is 0.857. The number of aliphatic carboxylic acids is 1. The van der Waals surface area contributed by atoms with Crippen molar-refractivity contribution < 1.29 is 19.2 Å². The Kier molecular flexibility index (Phi) is 3.36. The second-order valence-corrected chi connectivity index (χ2v) is 4.72. The second kappa shape index (κ2) is 4.80. The molecular weight excluding hydrogens is 236 g/mol. The van der Waals surface area contributed by atoms with Crippen LogP contribution in [0.2, 0.25) is 0 Å². The van der Waals surface area contributed by atoms with Crippen molar-refractivity contribution in [3.05, 3.63) is 17.5 Å². The van der Waals surface area contributed by atoms with Gasteiger partial charge < -0.3 is 14.5 Å². The molecule has 0 bridgehead atoms. The number of rotatable bonds is 2. The van der Waals surface area contributed by atoms with Crippen LogP contribution in [0.3, 0.4) is 0 Å². The van der Waals surface area contributed by atoms with Crippen LogP contribution in [0.15, 0.2) is 10.6 Å². The minimum atomic E-state index is -0.962. The Labute approximate surface area is 105 Å². The van der Waals surface area contributed by atoms with Crippen LogP contribution in [-0.2, 0) is 4.79 Å². The van der Waals surface area contributed by atoms with Crippen LogP contribution in [0.5, 0.6) is 0 Å². The number of hydrogen-bond acceptors (Lipinski definition) is 4. The number of carboxylic acid groups (broad SMARTS) is 1. The smallest absolute Gasteiger partial charge is 0.326 e. The molecule has 2 heterocycles. The van der Waals surface area contributed by atoms with Gasteiger partial charge in [0.25, 0.3) is 5.91 Å². The van der Waals surface area contributed by atoms with Crippen LogP contribution in [0.25, 0.3) is 0 Å². The molecule has 1 amide bonds. The number of carbonyl (C=O) groups is 2. The van der Waals surface area contributed by atoms with Crippen molar-refractivity contribution in [2.45, 2.75) is 32.7 Å². The van der Waals surface area contributed by atoms with Crippen LogP contribution < -0.4 is 0 Å². The zero-order valence-corrected chi connectivity index (χ0v) is 10.4. The highest BCUT2D eigenvalue weighted by atomic mass is 16.5. The number of piperidine rings is 1. The molecular formula is C12H16N2O4. The molecule has 18 heavy (non-hydrogen) atoms. The van der Waals surface area contributed by atoms with Crippen molar-refractivity contribution in [3.63, 3.8) is 0 Å². The molecule has 2 atom stereocenters. The lowest BCUT2D eigenvalue weighted by atomic mass is 9.90. The van der Waals surface area contributed by atoms with Crippen molar-refractivity contribution in [3.8, 4) is 0 Å². The van der Waals surface area contributed by atoms with E-state index in [2.05, 4.69) is 5.16 Å². The summed E-state index contributed by atoms with van der Waals surface area (Å²) in [7, 11) is 0. The van der Waals surface area contributed by atoms with Gasteiger partial charge in [-0.1, -0.05) is 12.1 Å². The van der Waals surface area contributed by atoms with Gasteiger partial charge >= 0.3 is 5.97 Å². The van der Waals surface area contributed by atoms with Crippen molar-refractivity contribution in [1.29, 1.82) is 0 Å². The topological polar surface area (TPSA) is 83.6 Å². The Hall–Kier alpha value is -1.85. The molecule has 1 aromatic heterocycles. The fourth-order valence-electron chi connectivity index (χ4n) is 2.41. The Balaban J connectivity index is 2.24. The number of nitrogens with zero attached hydrogens (tertiary/aromatic N) is 2. The van der Waals surface area contributed by atoms with Crippen LogP contribution in [-0.4, -0.2) is 39.6 Å². The lowest BCUT2D eigenvalue weighted by molar-refractivity contribution is -0.145. The lowest BCUT2D eigenvalue weighted by Crippen LogP contribution is -2.52. The fourth-order valence-corrected chi connectivity index (χ4v) is 2.41. The zero-order valence-electron chi connectivity index (χ0n) is 10.4. The van der Waals surface area contributed by atoms with Crippen LogP contribution in [0, 0.1) is 12.8 Å². The average molecular weight is 252 g/mol. The van der Waals surface area contributed by atoms with E-state index in [9.17, 15) is 14.7 Å². The maximum atomic E-state index is 12.2. The first-order valence-corrected chi connectivity index (χ1v) is 5.98. The van der Waals surface area contributed by atoms with Crippen molar-refractivity contribution >= 4 is 11.9 Å². The van der Waals surface area contributed by atoms with Crippen LogP contribution >= 0.6 is 0 Å². The minimum absolute atomic E-state index is 0.0480. The molecule has 6 nitrogen and oxygen atoms in total. The van der Waals surface area contributed by atoms with E-state index in [1.165, 1.54) is 11.0 Å². The molecule has 1 N–H and O–H groups in total. The molecule has 2 rings (SSSR count). The summed E-state index contributed by atoms with van der Waals surface area (Å²) in [6.45, 7) is 4.00. The summed E-state index contributed by atoms with van der Waals surface area (Å²) in [5.74, 6) is -0.843. The van der Waals surface area contributed by atoms with Gasteiger partial charge in [-0.25, -0.2) is 4.79 Å². The normalized spacial score (nSPS) is 24.0. The third kappa shape index (κ3) is 2.23. The number of hydrogen-bond donors (Lipinski definition) is 1. The molecule has 1 aliphatic heterocycles. The monoisotopic (exact) mass is 252 g/mol. The van der Waals surface area contributed by atoms with E-state index in [1.807, 2.05) is 6.92 Å². The minimum Gasteiger partial charge on any atom is -0.480 e. The van der Waals surface area contributed by atoms with Crippen molar-refractivity contribution in [2.24, 2.45) is 5.92 Å². The van der Waals surface area contributed by atoms with Gasteiger partial charge in [0, 0.05) is 12.6 Å². The van der Waals surface area contributed by atoms with Gasteiger partial charge in [-0.05, 0) is 25.7 Å². The maximum absolute atomic E-state index is 12.2. The maximum Gasteiger partial charge on any atom is 0.326 e. The first-order chi connectivity index (χ1) is 8.50. The summed E-state index contributed by atoms with van der Waals surface area (Å²) in [6.07, 6.45) is 1.63. The molecule has 6 heteroatoms. The summed E-state index contributed by atoms with van der Waals surface area (Å²) < 4.78 is 4.85. The highest BCUT2D eigenvalue weighted by molar-refractivity contribution is 5.95. The van der Waals surface area contributed by atoms with E-state index in [1.54, 1.807) is 6.92 Å². The van der Waals surface area contributed by atoms with Crippen molar-refractivity contribution in [2.75, 3.05) is 6.54 Å². The van der Waals surface area contributed by atoms with Gasteiger partial charge in [0.15, 0.2) is 5.69 Å². The largest absolute Gasteiger partial charge is 0.480 e. The van der Waals surface area contributed by atoms with E-state index in [0.29, 0.717) is 12.3 Å². The summed E-state index contributed by atoms with van der Waals surface area (Å²) in [5.41, 5.74) is 0.174. The van der Waals surface area contributed by atoms with E-state index in [0.717, 1.165) is 12.8 Å². The Morgan fingerprint density at radius 2 is 2.28 bits per heavy atom. The summed E-state index contributed by atoms with van der Waals surface area (Å²) in [6, 6.07) is 0.754. The third-order valence-corrected chi connectivity index (χ3v) is 3.29. The number of carbonyl (C=O) groups excluding carboxylic acids is 1. The molecule has 0 aromatic carbocycles. The van der Waals surface area contributed by atoms with E-state index < -0.39 is 12.0 Å². The zero-order chi connectivity index (χ0) is 13.3. The highest BCUT2D eigenvalue weighted by Crippen LogP contribution is 2.25. The number of amides is 1. The van der Waals surface area contributed by atoms with Gasteiger partial charge in [0.05, 0.1) is 0 Å². The van der Waals surface area contributed by atoms with E-state index >= 15 is 0 Å². The predicted molar refractivity (Wildman–Crippen MR) is 62.1 cm³/mol. The number of aryl methyl sites for hydroxylation is 1. The second-order valence-electron chi connectivity index (χ2n) is 4.72. The summed E-state index contributed by atoms with van der Waals surface area (Å²) >= 11 is 0. The summed E-state index contributed by atoms with van der Waals surface area (Å²) in [4.78, 5) is 24.9. The predicted octanol–water partition coefficient (Wildman–Crippen LogP) is 1.31. The van der Waals surface area contributed by atoms with Gasteiger partial charge in [-0.3, -0.25) is 4.79 Å². The molecule has 98 valence electrons. The van der Waals surface area contributed by atoms with Gasteiger partial charge in [-0.15, -0.1) is 0 Å². The molecule has 1 fully saturated rings. The van der Waals surface area contributed by atoms with Gasteiger partial charge in [0.1, 0.15) is 11.8 Å². The number of aromatic nitrogens is 1. The Morgan fingerprint density at radius 3 is 2.83 bits per heavy atom. The first-order valence-electron chi connectivity index (χ1n) is 5.98. The van der Waals surface area contributed by atoms with E-state index in [-0.39, 0.29) is 17.5 Å². The molecule has 0 aliphatic carbocycles. The Morgan fingerprint density at radius 1 is 1.56 bits per heavy atom. The molecule has 2 unspecified atom stereocenters. The third-order valence-electron chi connectivity index (χ3n) is 3.29. The Bertz CT molecular complexity index is 468. The SMILES string of the molecule is Cc1cc(C(=O)N2CCCC(C)C2C(=O)O)no1. The molecule has 0 spiro atoms. The van der Waals surface area contributed by atoms with Gasteiger partial charge in [-0.2, -0.15) is 0 Å². The number of carboxylic acids is 1. The standard InChI is InChI=1S/C12H16N2O4/c1-7-4-3-5-14(10(7)12(16)17)11(15)9-6-8(2)18-13-9/h6-7,10H,3-5H2,1-2H3,(H,16,17). The molecule has 0 radical (unpaired) electrons. The highest BCUT2D eigenvalue weighted by Gasteiger charge is 2.38. The molecule has 1 saturated heterocycles. The van der Waals surface area contributed by atoms with Gasteiger partial charge in [0.2, 0.25) is 0 Å². The van der Waals surface area contributed by atoms with Crippen LogP contribution in [0.4, 0.5) is 0 Å². The van der Waals surface area contributed by atoms with Crippen molar-refractivity contribution in [1.82, 2.24) is 10.1 Å². The number of likely N-dealkylation sites (tertiary alicyclic amines) is 1. The molecule has 1 aromatic rings. The summed E-state index contributed by atoms with van der Waals surface area (Å²) in [5, 5.41) is 12.9.